The number of imide groups is 1. The van der Waals surface area contributed by atoms with Crippen LogP contribution in [0.25, 0.3) is 11.3 Å². The van der Waals surface area contributed by atoms with Crippen LogP contribution < -0.4 is 5.32 Å². The first kappa shape index (κ1) is 15.9. The van der Waals surface area contributed by atoms with Crippen molar-refractivity contribution >= 4 is 35.2 Å². The number of hydrogen-bond acceptors (Lipinski definition) is 5. The van der Waals surface area contributed by atoms with Gasteiger partial charge in [-0.05, 0) is 12.1 Å². The first-order chi connectivity index (χ1) is 12.1. The molecule has 0 unspecified atom stereocenters. The van der Waals surface area contributed by atoms with Crippen LogP contribution in [0.3, 0.4) is 0 Å². The molecule has 4 rings (SSSR count). The van der Waals surface area contributed by atoms with E-state index in [1.54, 1.807) is 23.9 Å². The van der Waals surface area contributed by atoms with Crippen molar-refractivity contribution in [3.05, 3.63) is 30.5 Å². The molecule has 0 atom stereocenters. The summed E-state index contributed by atoms with van der Waals surface area (Å²) in [6.45, 7) is 0.749. The number of rotatable bonds is 4. The number of aromatic nitrogens is 2. The lowest BCUT2D eigenvalue weighted by Crippen LogP contribution is -2.36. The molecule has 3 heterocycles. The predicted molar refractivity (Wildman–Crippen MR) is 93.0 cm³/mol. The molecule has 3 amide bonds. The van der Waals surface area contributed by atoms with Crippen LogP contribution in [-0.2, 0) is 20.9 Å². The number of anilines is 1. The van der Waals surface area contributed by atoms with Crippen molar-refractivity contribution in [1.29, 1.82) is 0 Å². The first-order valence-electron chi connectivity index (χ1n) is 8.03. The van der Waals surface area contributed by atoms with Gasteiger partial charge >= 0.3 is 0 Å². The third-order valence-corrected chi connectivity index (χ3v) is 5.19. The molecule has 1 N–H and O–H groups in total. The molecule has 0 radical (unpaired) electrons. The quantitative estimate of drug-likeness (QED) is 0.844. The summed E-state index contributed by atoms with van der Waals surface area (Å²) in [5.74, 6) is 0.103. The minimum Gasteiger partial charge on any atom is -0.325 e. The molecule has 128 valence electrons. The largest absolute Gasteiger partial charge is 0.325 e. The van der Waals surface area contributed by atoms with E-state index in [0.29, 0.717) is 5.69 Å². The van der Waals surface area contributed by atoms with Crippen LogP contribution in [0.15, 0.2) is 35.6 Å². The zero-order chi connectivity index (χ0) is 17.4. The number of aryl methyl sites for hydroxylation is 1. The Bertz CT molecular complexity index is 822. The molecule has 25 heavy (non-hydrogen) atoms. The maximum absolute atomic E-state index is 12.0. The van der Waals surface area contributed by atoms with Crippen LogP contribution in [0.5, 0.6) is 0 Å². The number of nitrogens with one attached hydrogen (secondary N) is 1. The Labute approximate surface area is 148 Å². The summed E-state index contributed by atoms with van der Waals surface area (Å²) in [4.78, 5) is 40.7. The smallest absolute Gasteiger partial charge is 0.244 e. The highest BCUT2D eigenvalue weighted by Crippen LogP contribution is 2.29. The second-order valence-corrected chi connectivity index (χ2v) is 7.01. The Morgan fingerprint density at radius 2 is 1.88 bits per heavy atom. The topological polar surface area (TPSA) is 84.3 Å². The molecule has 1 aromatic heterocycles. The van der Waals surface area contributed by atoms with Crippen molar-refractivity contribution in [2.45, 2.75) is 24.5 Å². The summed E-state index contributed by atoms with van der Waals surface area (Å²) < 4.78 is 2.14. The Morgan fingerprint density at radius 1 is 1.16 bits per heavy atom. The summed E-state index contributed by atoms with van der Waals surface area (Å²) in [6.07, 6.45) is 2.41. The molecule has 2 aliphatic rings. The third-order valence-electron chi connectivity index (χ3n) is 4.22. The summed E-state index contributed by atoms with van der Waals surface area (Å²) >= 11 is 1.75. The van der Waals surface area contributed by atoms with E-state index in [0.717, 1.165) is 33.6 Å². The van der Waals surface area contributed by atoms with Gasteiger partial charge in [-0.2, -0.15) is 0 Å². The summed E-state index contributed by atoms with van der Waals surface area (Å²) in [5, 5.41) is 3.75. The van der Waals surface area contributed by atoms with Gasteiger partial charge in [0.15, 0.2) is 5.16 Å². The predicted octanol–water partition coefficient (Wildman–Crippen LogP) is 1.74. The molecular formula is C17H16N4O3S. The van der Waals surface area contributed by atoms with Crippen LogP contribution in [0.4, 0.5) is 5.69 Å². The minimum absolute atomic E-state index is 0.188. The fourth-order valence-electron chi connectivity index (χ4n) is 2.92. The van der Waals surface area contributed by atoms with Gasteiger partial charge in [-0.3, -0.25) is 19.3 Å². The number of thioether (sulfide) groups is 1. The van der Waals surface area contributed by atoms with Gasteiger partial charge in [-0.1, -0.05) is 23.9 Å². The van der Waals surface area contributed by atoms with E-state index in [1.165, 1.54) is 0 Å². The van der Waals surface area contributed by atoms with Crippen molar-refractivity contribution in [3.8, 4) is 11.3 Å². The number of carbonyl (C=O) groups excluding carboxylic acids is 3. The molecule has 7 nitrogen and oxygen atoms in total. The van der Waals surface area contributed by atoms with E-state index in [-0.39, 0.29) is 37.1 Å². The van der Waals surface area contributed by atoms with Gasteiger partial charge in [-0.15, -0.1) is 0 Å². The summed E-state index contributed by atoms with van der Waals surface area (Å²) in [5.41, 5.74) is 2.51. The molecule has 0 spiro atoms. The maximum atomic E-state index is 12.0. The van der Waals surface area contributed by atoms with Crippen molar-refractivity contribution in [2.75, 3.05) is 17.6 Å². The molecule has 0 saturated carbocycles. The van der Waals surface area contributed by atoms with Gasteiger partial charge in [0.25, 0.3) is 0 Å². The van der Waals surface area contributed by atoms with Crippen molar-refractivity contribution < 1.29 is 14.4 Å². The van der Waals surface area contributed by atoms with Gasteiger partial charge < -0.3 is 9.88 Å². The normalized spacial score (nSPS) is 16.4. The molecule has 2 aromatic rings. The fraction of sp³-hybridized carbons (Fsp3) is 0.294. The van der Waals surface area contributed by atoms with Crippen LogP contribution in [0, 0.1) is 0 Å². The van der Waals surface area contributed by atoms with Gasteiger partial charge in [0, 0.05) is 42.6 Å². The van der Waals surface area contributed by atoms with Crippen molar-refractivity contribution in [3.63, 3.8) is 0 Å². The Kier molecular flexibility index (Phi) is 4.04. The van der Waals surface area contributed by atoms with E-state index in [9.17, 15) is 14.4 Å². The second kappa shape index (κ2) is 6.36. The van der Waals surface area contributed by atoms with Crippen molar-refractivity contribution in [1.82, 2.24) is 14.5 Å². The van der Waals surface area contributed by atoms with E-state index >= 15 is 0 Å². The highest BCUT2D eigenvalue weighted by molar-refractivity contribution is 7.99. The lowest BCUT2D eigenvalue weighted by atomic mass is 10.1. The molecule has 0 bridgehead atoms. The Balaban J connectivity index is 1.40. The molecular weight excluding hydrogens is 340 g/mol. The number of carbonyl (C=O) groups is 3. The molecule has 2 aliphatic heterocycles. The molecule has 1 aromatic carbocycles. The monoisotopic (exact) mass is 356 g/mol. The number of nitrogens with zero attached hydrogens (tertiary/aromatic N) is 3. The number of hydrogen-bond donors (Lipinski definition) is 1. The number of imidazole rings is 1. The van der Waals surface area contributed by atoms with E-state index in [1.807, 2.05) is 18.3 Å². The first-order valence-corrected chi connectivity index (χ1v) is 9.02. The molecule has 0 aliphatic carbocycles. The summed E-state index contributed by atoms with van der Waals surface area (Å²) in [7, 11) is 0. The minimum atomic E-state index is -0.381. The van der Waals surface area contributed by atoms with Gasteiger partial charge in [0.1, 0.15) is 6.54 Å². The SMILES string of the molecule is O=C(CN1C(=O)CCC1=O)Nc1ccc(-c2cn3c(n2)SCC3)cc1. The number of amides is 3. The zero-order valence-corrected chi connectivity index (χ0v) is 14.2. The van der Waals surface area contributed by atoms with Crippen molar-refractivity contribution in [2.24, 2.45) is 0 Å². The van der Waals surface area contributed by atoms with Gasteiger partial charge in [0.2, 0.25) is 17.7 Å². The Hall–Kier alpha value is -2.61. The molecule has 1 fully saturated rings. The lowest BCUT2D eigenvalue weighted by Gasteiger charge is -2.13. The maximum Gasteiger partial charge on any atom is 0.244 e. The molecule has 1 saturated heterocycles. The Morgan fingerprint density at radius 3 is 2.56 bits per heavy atom. The zero-order valence-electron chi connectivity index (χ0n) is 13.4. The van der Waals surface area contributed by atoms with E-state index in [2.05, 4.69) is 14.9 Å². The lowest BCUT2D eigenvalue weighted by molar-refractivity contribution is -0.141. The standard InChI is InChI=1S/C17H16N4O3S/c22-14(10-21-15(23)5-6-16(21)24)18-12-3-1-11(2-4-12)13-9-20-7-8-25-17(20)19-13/h1-4,9H,5-8,10H2,(H,18,22). The van der Waals surface area contributed by atoms with Crippen LogP contribution >= 0.6 is 11.8 Å². The summed E-state index contributed by atoms with van der Waals surface area (Å²) in [6, 6.07) is 7.37. The van der Waals surface area contributed by atoms with Crippen LogP contribution in [-0.4, -0.2) is 44.5 Å². The number of likely N-dealkylation sites (tertiary alicyclic amines) is 1. The average Bonchev–Trinajstić information content (AvgIpc) is 3.26. The second-order valence-electron chi connectivity index (χ2n) is 5.95. The van der Waals surface area contributed by atoms with Gasteiger partial charge in [0.05, 0.1) is 5.69 Å². The highest BCUT2D eigenvalue weighted by atomic mass is 32.2. The number of benzene rings is 1. The molecule has 8 heteroatoms. The van der Waals surface area contributed by atoms with Crippen LogP contribution in [0.2, 0.25) is 0 Å². The van der Waals surface area contributed by atoms with E-state index in [4.69, 9.17) is 0 Å². The third kappa shape index (κ3) is 3.17. The fourth-order valence-corrected chi connectivity index (χ4v) is 3.86. The van der Waals surface area contributed by atoms with Crippen LogP contribution in [0.1, 0.15) is 12.8 Å². The highest BCUT2D eigenvalue weighted by Gasteiger charge is 2.30. The van der Waals surface area contributed by atoms with E-state index < -0.39 is 0 Å². The number of fused-ring (bicyclic) bond motifs is 1. The average molecular weight is 356 g/mol. The van der Waals surface area contributed by atoms with Gasteiger partial charge in [-0.25, -0.2) is 4.98 Å².